The van der Waals surface area contributed by atoms with Gasteiger partial charge in [0.25, 0.3) is 5.91 Å². The number of aliphatic hydroxyl groups excluding tert-OH is 1. The van der Waals surface area contributed by atoms with E-state index in [9.17, 15) is 4.79 Å². The van der Waals surface area contributed by atoms with Gasteiger partial charge < -0.3 is 10.4 Å². The molecule has 0 aromatic heterocycles. The van der Waals surface area contributed by atoms with Gasteiger partial charge in [-0.25, -0.2) is 0 Å². The third-order valence-corrected chi connectivity index (χ3v) is 3.00. The summed E-state index contributed by atoms with van der Waals surface area (Å²) in [6.07, 6.45) is 0.199. The van der Waals surface area contributed by atoms with E-state index in [0.29, 0.717) is 24.4 Å². The standard InChI is InChI=1S/C15H23NO2/c1-10(2)14-6-5-13(9-11(14)3)15(18)16-8-7-12(4)17/h5-6,9-10,12,17H,7-8H2,1-4H3,(H,16,18). The fraction of sp³-hybridized carbons (Fsp3) is 0.533. The highest BCUT2D eigenvalue weighted by Crippen LogP contribution is 2.19. The van der Waals surface area contributed by atoms with Gasteiger partial charge in [-0.1, -0.05) is 19.9 Å². The Bertz CT molecular complexity index is 411. The van der Waals surface area contributed by atoms with Gasteiger partial charge in [0.05, 0.1) is 6.10 Å². The first-order valence-electron chi connectivity index (χ1n) is 6.48. The molecule has 1 atom stereocenters. The second-order valence-electron chi connectivity index (χ2n) is 5.12. The van der Waals surface area contributed by atoms with E-state index in [2.05, 4.69) is 19.2 Å². The van der Waals surface area contributed by atoms with Crippen molar-refractivity contribution in [3.63, 3.8) is 0 Å². The van der Waals surface area contributed by atoms with Crippen molar-refractivity contribution in [2.24, 2.45) is 0 Å². The quantitative estimate of drug-likeness (QED) is 0.842. The number of amides is 1. The summed E-state index contributed by atoms with van der Waals surface area (Å²) in [5, 5.41) is 11.9. The van der Waals surface area contributed by atoms with Gasteiger partial charge in [0.2, 0.25) is 0 Å². The third kappa shape index (κ3) is 4.15. The maximum Gasteiger partial charge on any atom is 0.251 e. The van der Waals surface area contributed by atoms with E-state index in [1.54, 1.807) is 6.92 Å². The topological polar surface area (TPSA) is 49.3 Å². The van der Waals surface area contributed by atoms with Crippen LogP contribution in [0.1, 0.15) is 54.6 Å². The molecule has 3 heteroatoms. The van der Waals surface area contributed by atoms with Crippen LogP contribution in [-0.2, 0) is 0 Å². The highest BCUT2D eigenvalue weighted by molar-refractivity contribution is 5.94. The number of carbonyl (C=O) groups is 1. The zero-order valence-corrected chi connectivity index (χ0v) is 11.7. The number of carbonyl (C=O) groups excluding carboxylic acids is 1. The second-order valence-corrected chi connectivity index (χ2v) is 5.12. The predicted octanol–water partition coefficient (Wildman–Crippen LogP) is 2.62. The summed E-state index contributed by atoms with van der Waals surface area (Å²) in [7, 11) is 0. The normalized spacial score (nSPS) is 12.6. The molecule has 0 aliphatic carbocycles. The lowest BCUT2D eigenvalue weighted by Gasteiger charge is -2.12. The van der Waals surface area contributed by atoms with E-state index >= 15 is 0 Å². The van der Waals surface area contributed by atoms with Gasteiger partial charge in [-0.05, 0) is 49.4 Å². The molecule has 1 amide bonds. The molecule has 3 nitrogen and oxygen atoms in total. The molecule has 0 spiro atoms. The van der Waals surface area contributed by atoms with Crippen LogP contribution in [0.5, 0.6) is 0 Å². The summed E-state index contributed by atoms with van der Waals surface area (Å²) in [6, 6.07) is 5.80. The zero-order valence-electron chi connectivity index (χ0n) is 11.7. The highest BCUT2D eigenvalue weighted by Gasteiger charge is 2.09. The van der Waals surface area contributed by atoms with Crippen LogP contribution < -0.4 is 5.32 Å². The van der Waals surface area contributed by atoms with E-state index in [4.69, 9.17) is 5.11 Å². The first-order chi connectivity index (χ1) is 8.41. The van der Waals surface area contributed by atoms with Crippen molar-refractivity contribution in [1.29, 1.82) is 0 Å². The molecule has 0 bridgehead atoms. The first kappa shape index (κ1) is 14.7. The summed E-state index contributed by atoms with van der Waals surface area (Å²) >= 11 is 0. The number of aryl methyl sites for hydroxylation is 1. The van der Waals surface area contributed by atoms with Gasteiger partial charge in [0.15, 0.2) is 0 Å². The van der Waals surface area contributed by atoms with Gasteiger partial charge in [0, 0.05) is 12.1 Å². The van der Waals surface area contributed by atoms with Crippen LogP contribution in [-0.4, -0.2) is 23.7 Å². The van der Waals surface area contributed by atoms with E-state index in [0.717, 1.165) is 5.56 Å². The largest absolute Gasteiger partial charge is 0.393 e. The third-order valence-electron chi connectivity index (χ3n) is 3.00. The van der Waals surface area contributed by atoms with Crippen molar-refractivity contribution < 1.29 is 9.90 Å². The van der Waals surface area contributed by atoms with E-state index in [-0.39, 0.29) is 12.0 Å². The summed E-state index contributed by atoms with van der Waals surface area (Å²) in [5.74, 6) is 0.395. The molecule has 1 unspecified atom stereocenters. The van der Waals surface area contributed by atoms with Crippen LogP contribution in [0.3, 0.4) is 0 Å². The van der Waals surface area contributed by atoms with Crippen molar-refractivity contribution in [1.82, 2.24) is 5.32 Å². The first-order valence-corrected chi connectivity index (χ1v) is 6.48. The molecule has 18 heavy (non-hydrogen) atoms. The molecule has 0 aliphatic heterocycles. The molecule has 1 rings (SSSR count). The van der Waals surface area contributed by atoms with E-state index in [1.807, 2.05) is 25.1 Å². The van der Waals surface area contributed by atoms with Crippen LogP contribution in [0.2, 0.25) is 0 Å². The Morgan fingerprint density at radius 3 is 2.50 bits per heavy atom. The lowest BCUT2D eigenvalue weighted by atomic mass is 9.96. The average molecular weight is 249 g/mol. The summed E-state index contributed by atoms with van der Waals surface area (Å²) in [4.78, 5) is 11.9. The van der Waals surface area contributed by atoms with Gasteiger partial charge in [-0.3, -0.25) is 4.79 Å². The Labute approximate surface area is 109 Å². The number of hydrogen-bond donors (Lipinski definition) is 2. The molecule has 1 aromatic carbocycles. The van der Waals surface area contributed by atoms with Gasteiger partial charge in [0.1, 0.15) is 0 Å². The molecule has 2 N–H and O–H groups in total. The Balaban J connectivity index is 2.67. The lowest BCUT2D eigenvalue weighted by Crippen LogP contribution is -2.26. The van der Waals surface area contributed by atoms with Crippen molar-refractivity contribution >= 4 is 5.91 Å². The summed E-state index contributed by atoms with van der Waals surface area (Å²) < 4.78 is 0. The van der Waals surface area contributed by atoms with Crippen molar-refractivity contribution in [3.05, 3.63) is 34.9 Å². The van der Waals surface area contributed by atoms with Crippen LogP contribution in [0.4, 0.5) is 0 Å². The minimum Gasteiger partial charge on any atom is -0.393 e. The smallest absolute Gasteiger partial charge is 0.251 e. The molecular weight excluding hydrogens is 226 g/mol. The predicted molar refractivity (Wildman–Crippen MR) is 73.9 cm³/mol. The Morgan fingerprint density at radius 2 is 2.00 bits per heavy atom. The minimum atomic E-state index is -0.379. The maximum absolute atomic E-state index is 11.9. The van der Waals surface area contributed by atoms with Crippen LogP contribution in [0.25, 0.3) is 0 Å². The molecule has 0 radical (unpaired) electrons. The van der Waals surface area contributed by atoms with Crippen molar-refractivity contribution in [3.8, 4) is 0 Å². The van der Waals surface area contributed by atoms with Crippen molar-refractivity contribution in [2.75, 3.05) is 6.54 Å². The Hall–Kier alpha value is -1.35. The Morgan fingerprint density at radius 1 is 1.33 bits per heavy atom. The van der Waals surface area contributed by atoms with Crippen LogP contribution >= 0.6 is 0 Å². The SMILES string of the molecule is Cc1cc(C(=O)NCCC(C)O)ccc1C(C)C. The molecule has 0 saturated heterocycles. The fourth-order valence-corrected chi connectivity index (χ4v) is 1.96. The van der Waals surface area contributed by atoms with Crippen LogP contribution in [0, 0.1) is 6.92 Å². The van der Waals surface area contributed by atoms with Gasteiger partial charge in [-0.2, -0.15) is 0 Å². The molecule has 0 saturated carbocycles. The number of nitrogens with one attached hydrogen (secondary N) is 1. The monoisotopic (exact) mass is 249 g/mol. The summed E-state index contributed by atoms with van der Waals surface area (Å²) in [5.41, 5.74) is 3.10. The number of rotatable bonds is 5. The van der Waals surface area contributed by atoms with E-state index < -0.39 is 0 Å². The molecule has 100 valence electrons. The lowest BCUT2D eigenvalue weighted by molar-refractivity contribution is 0.0945. The minimum absolute atomic E-state index is 0.0749. The number of aliphatic hydroxyl groups is 1. The molecule has 0 fully saturated rings. The Kier molecular flexibility index (Phi) is 5.35. The average Bonchev–Trinajstić information content (AvgIpc) is 2.27. The van der Waals surface area contributed by atoms with Crippen LogP contribution in [0.15, 0.2) is 18.2 Å². The molecular formula is C15H23NO2. The zero-order chi connectivity index (χ0) is 13.7. The second kappa shape index (κ2) is 6.55. The maximum atomic E-state index is 11.9. The molecule has 0 aliphatic rings. The highest BCUT2D eigenvalue weighted by atomic mass is 16.3. The van der Waals surface area contributed by atoms with Crippen molar-refractivity contribution in [2.45, 2.75) is 46.1 Å². The van der Waals surface area contributed by atoms with Gasteiger partial charge in [-0.15, -0.1) is 0 Å². The molecule has 1 aromatic rings. The molecule has 0 heterocycles. The number of hydrogen-bond acceptors (Lipinski definition) is 2. The fourth-order valence-electron chi connectivity index (χ4n) is 1.96. The summed E-state index contributed by atoms with van der Waals surface area (Å²) in [6.45, 7) is 8.53. The van der Waals surface area contributed by atoms with E-state index in [1.165, 1.54) is 5.56 Å². The van der Waals surface area contributed by atoms with Gasteiger partial charge >= 0.3 is 0 Å². The number of benzene rings is 1.